The number of carbonyl (C=O) groups is 3. The predicted molar refractivity (Wildman–Crippen MR) is 147 cm³/mol. The minimum absolute atomic E-state index is 0.326. The highest BCUT2D eigenvalue weighted by atomic mass is 32.2. The molecule has 2 rings (SSSR count). The lowest BCUT2D eigenvalue weighted by Gasteiger charge is -2.32. The highest BCUT2D eigenvalue weighted by Gasteiger charge is 2.34. The van der Waals surface area contributed by atoms with Crippen LogP contribution >= 0.6 is 11.8 Å². The summed E-state index contributed by atoms with van der Waals surface area (Å²) in [7, 11) is 1.60. The maximum Gasteiger partial charge on any atom is 0.408 e. The molecule has 0 aliphatic rings. The molecule has 0 aromatic heterocycles. The minimum Gasteiger partial charge on any atom is -0.444 e. The monoisotopic (exact) mass is 513 g/mol. The van der Waals surface area contributed by atoms with Gasteiger partial charge in [-0.2, -0.15) is 11.8 Å². The molecule has 0 saturated heterocycles. The molecule has 0 saturated carbocycles. The average Bonchev–Trinajstić information content (AvgIpc) is 2.78. The van der Waals surface area contributed by atoms with Crippen molar-refractivity contribution in [1.29, 1.82) is 0 Å². The minimum atomic E-state index is -0.894. The first kappa shape index (κ1) is 29.2. The van der Waals surface area contributed by atoms with Gasteiger partial charge in [0, 0.05) is 12.7 Å². The van der Waals surface area contributed by atoms with Gasteiger partial charge < -0.3 is 20.3 Å². The molecular weight excluding hydrogens is 474 g/mol. The number of benzene rings is 2. The molecule has 196 valence electrons. The van der Waals surface area contributed by atoms with Crippen LogP contribution in [0.2, 0.25) is 0 Å². The van der Waals surface area contributed by atoms with Gasteiger partial charge in [0.15, 0.2) is 0 Å². The fourth-order valence-electron chi connectivity index (χ4n) is 3.82. The summed E-state index contributed by atoms with van der Waals surface area (Å²) in [5, 5.41) is 5.75. The van der Waals surface area contributed by atoms with Crippen LogP contribution in [-0.2, 0) is 14.3 Å². The Labute approximate surface area is 219 Å². The first-order chi connectivity index (χ1) is 16.8. The van der Waals surface area contributed by atoms with Crippen LogP contribution in [0.15, 0.2) is 42.5 Å². The van der Waals surface area contributed by atoms with Gasteiger partial charge in [-0.05, 0) is 76.7 Å². The molecular formula is C28H39N3O4S. The third kappa shape index (κ3) is 8.29. The number of amides is 3. The van der Waals surface area contributed by atoms with E-state index in [-0.39, 0.29) is 11.8 Å². The molecule has 0 radical (unpaired) electrons. The number of carbonyl (C=O) groups excluding carboxylic acids is 3. The Morgan fingerprint density at radius 1 is 1.00 bits per heavy atom. The smallest absolute Gasteiger partial charge is 0.408 e. The van der Waals surface area contributed by atoms with E-state index in [2.05, 4.69) is 10.6 Å². The third-order valence-corrected chi connectivity index (χ3v) is 6.35. The molecule has 2 atom stereocenters. The average molecular weight is 514 g/mol. The molecule has 2 aromatic rings. The van der Waals surface area contributed by atoms with Gasteiger partial charge in [-0.15, -0.1) is 0 Å². The fraction of sp³-hybridized carbons (Fsp3) is 0.464. The first-order valence-electron chi connectivity index (χ1n) is 12.0. The Kier molecular flexibility index (Phi) is 10.4. The van der Waals surface area contributed by atoms with E-state index in [4.69, 9.17) is 4.74 Å². The Morgan fingerprint density at radius 3 is 2.11 bits per heavy atom. The Balaban J connectivity index is 2.39. The van der Waals surface area contributed by atoms with E-state index in [0.29, 0.717) is 17.7 Å². The van der Waals surface area contributed by atoms with Gasteiger partial charge in [-0.25, -0.2) is 4.79 Å². The number of rotatable bonds is 9. The van der Waals surface area contributed by atoms with Crippen molar-refractivity contribution < 1.29 is 19.1 Å². The van der Waals surface area contributed by atoms with E-state index in [0.717, 1.165) is 22.4 Å². The number of nitrogens with zero attached hydrogens (tertiary/aromatic N) is 1. The number of nitrogens with one attached hydrogen (secondary N) is 2. The number of hydrogen-bond donors (Lipinski definition) is 2. The van der Waals surface area contributed by atoms with Crippen LogP contribution in [0.3, 0.4) is 0 Å². The van der Waals surface area contributed by atoms with Crippen molar-refractivity contribution in [3.8, 4) is 0 Å². The molecule has 0 spiro atoms. The maximum absolute atomic E-state index is 13.7. The van der Waals surface area contributed by atoms with Crippen LogP contribution < -0.4 is 10.6 Å². The van der Waals surface area contributed by atoms with Gasteiger partial charge in [-0.3, -0.25) is 9.59 Å². The number of likely N-dealkylation sites (N-methyl/N-ethyl adjacent to an activating group) is 1. The van der Waals surface area contributed by atoms with Crippen molar-refractivity contribution >= 4 is 35.4 Å². The molecule has 7 nitrogen and oxygen atoms in total. The number of hydrogen-bond acceptors (Lipinski definition) is 5. The second kappa shape index (κ2) is 12.8. The standard InChI is InChI=1S/C28H39N3O4S/c1-18-12-14-21(15-13-18)24(25(32)30-23-19(2)10-9-11-20(23)3)31(7)26(33)22(16-17-36-8)29-27(34)35-28(4,5)6/h9-15,22,24H,16-17H2,1-8H3,(H,29,34)(H,30,32). The lowest BCUT2D eigenvalue weighted by molar-refractivity contribution is -0.139. The molecule has 0 aliphatic carbocycles. The molecule has 36 heavy (non-hydrogen) atoms. The van der Waals surface area contributed by atoms with Crippen LogP contribution in [0.5, 0.6) is 0 Å². The number of para-hydroxylation sites is 1. The van der Waals surface area contributed by atoms with Crippen LogP contribution in [0.25, 0.3) is 0 Å². The third-order valence-electron chi connectivity index (χ3n) is 5.71. The highest BCUT2D eigenvalue weighted by molar-refractivity contribution is 7.98. The fourth-order valence-corrected chi connectivity index (χ4v) is 4.29. The molecule has 0 aliphatic heterocycles. The van der Waals surface area contributed by atoms with Gasteiger partial charge in [0.05, 0.1) is 0 Å². The Hall–Kier alpha value is -3.00. The van der Waals surface area contributed by atoms with Gasteiger partial charge in [0.25, 0.3) is 5.91 Å². The van der Waals surface area contributed by atoms with E-state index in [9.17, 15) is 14.4 Å². The molecule has 0 fully saturated rings. The zero-order chi connectivity index (χ0) is 27.0. The van der Waals surface area contributed by atoms with Crippen molar-refractivity contribution in [2.75, 3.05) is 24.4 Å². The summed E-state index contributed by atoms with van der Waals surface area (Å²) in [6.45, 7) is 11.1. The zero-order valence-electron chi connectivity index (χ0n) is 22.6. The number of alkyl carbamates (subject to hydrolysis) is 1. The molecule has 0 bridgehead atoms. The van der Waals surface area contributed by atoms with E-state index < -0.39 is 23.8 Å². The van der Waals surface area contributed by atoms with Crippen LogP contribution in [-0.4, -0.2) is 53.5 Å². The van der Waals surface area contributed by atoms with Gasteiger partial charge in [0.1, 0.15) is 17.7 Å². The van der Waals surface area contributed by atoms with Gasteiger partial charge in [-0.1, -0.05) is 48.0 Å². The second-order valence-corrected chi connectivity index (χ2v) is 11.0. The highest BCUT2D eigenvalue weighted by Crippen LogP contribution is 2.26. The van der Waals surface area contributed by atoms with Gasteiger partial charge in [0.2, 0.25) is 5.91 Å². The quantitative estimate of drug-likeness (QED) is 0.469. The number of ether oxygens (including phenoxy) is 1. The summed E-state index contributed by atoms with van der Waals surface area (Å²) in [4.78, 5) is 41.3. The normalized spacial score (nSPS) is 12.9. The summed E-state index contributed by atoms with van der Waals surface area (Å²) in [6.07, 6.45) is 1.68. The number of aryl methyl sites for hydroxylation is 3. The predicted octanol–water partition coefficient (Wildman–Crippen LogP) is 5.40. The maximum atomic E-state index is 13.7. The Bertz CT molecular complexity index is 1040. The van der Waals surface area contributed by atoms with E-state index in [1.54, 1.807) is 39.6 Å². The van der Waals surface area contributed by atoms with Crippen molar-refractivity contribution in [3.05, 3.63) is 64.7 Å². The van der Waals surface area contributed by atoms with E-state index in [1.165, 1.54) is 4.90 Å². The van der Waals surface area contributed by atoms with Crippen molar-refractivity contribution in [3.63, 3.8) is 0 Å². The molecule has 2 unspecified atom stereocenters. The summed E-state index contributed by atoms with van der Waals surface area (Å²) in [6, 6.07) is 11.6. The lowest BCUT2D eigenvalue weighted by Crippen LogP contribution is -2.51. The summed E-state index contributed by atoms with van der Waals surface area (Å²) < 4.78 is 5.38. The van der Waals surface area contributed by atoms with E-state index >= 15 is 0 Å². The molecule has 8 heteroatoms. The zero-order valence-corrected chi connectivity index (χ0v) is 23.4. The van der Waals surface area contributed by atoms with Crippen molar-refractivity contribution in [2.45, 2.75) is 65.6 Å². The van der Waals surface area contributed by atoms with Gasteiger partial charge >= 0.3 is 6.09 Å². The molecule has 3 amide bonds. The SMILES string of the molecule is CSCCC(NC(=O)OC(C)(C)C)C(=O)N(C)C(C(=O)Nc1c(C)cccc1C)c1ccc(C)cc1. The van der Waals surface area contributed by atoms with Crippen molar-refractivity contribution in [2.24, 2.45) is 0 Å². The second-order valence-electron chi connectivity index (χ2n) is 10.00. The van der Waals surface area contributed by atoms with E-state index in [1.807, 2.05) is 69.5 Å². The molecule has 0 heterocycles. The first-order valence-corrected chi connectivity index (χ1v) is 13.4. The molecule has 2 N–H and O–H groups in total. The van der Waals surface area contributed by atoms with Crippen molar-refractivity contribution in [1.82, 2.24) is 10.2 Å². The summed E-state index contributed by atoms with van der Waals surface area (Å²) in [5.41, 5.74) is 3.63. The summed E-state index contributed by atoms with van der Waals surface area (Å²) in [5.74, 6) is -0.0331. The number of anilines is 1. The van der Waals surface area contributed by atoms with Crippen LogP contribution in [0.4, 0.5) is 10.5 Å². The largest absolute Gasteiger partial charge is 0.444 e. The Morgan fingerprint density at radius 2 is 1.58 bits per heavy atom. The molecule has 2 aromatic carbocycles. The lowest BCUT2D eigenvalue weighted by atomic mass is 10.0. The van der Waals surface area contributed by atoms with Crippen LogP contribution in [0.1, 0.15) is 55.5 Å². The summed E-state index contributed by atoms with van der Waals surface area (Å²) >= 11 is 1.57. The number of thioether (sulfide) groups is 1. The topological polar surface area (TPSA) is 87.7 Å². The van der Waals surface area contributed by atoms with Crippen LogP contribution in [0, 0.1) is 20.8 Å².